The summed E-state index contributed by atoms with van der Waals surface area (Å²) in [5.74, 6) is 0.802. The number of Topliss-reactive ketones (excluding diaryl/α,β-unsaturated/α-hetero) is 1. The van der Waals surface area contributed by atoms with Gasteiger partial charge < -0.3 is 0 Å². The Morgan fingerprint density at radius 3 is 2.27 bits per heavy atom. The van der Waals surface area contributed by atoms with E-state index >= 15 is 0 Å². The van der Waals surface area contributed by atoms with E-state index in [0.29, 0.717) is 22.7 Å². The van der Waals surface area contributed by atoms with E-state index in [1.54, 1.807) is 6.92 Å². The molecule has 2 fully saturated rings. The standard InChI is InChI=1S/C13H23NO/c1-5-12(4,6-2)14-8-13(9-14)7-11(13)10(3)15/h11H,5-9H2,1-4H3. The Morgan fingerprint density at radius 1 is 1.40 bits per heavy atom. The molecule has 1 aliphatic heterocycles. The normalized spacial score (nSPS) is 28.9. The molecule has 1 heterocycles. The Balaban J connectivity index is 1.92. The van der Waals surface area contributed by atoms with Crippen molar-refractivity contribution >= 4 is 5.78 Å². The van der Waals surface area contributed by atoms with E-state index in [-0.39, 0.29) is 0 Å². The molecule has 1 saturated heterocycles. The number of likely N-dealkylation sites (tertiary alicyclic amines) is 1. The molecule has 1 spiro atoms. The third kappa shape index (κ3) is 1.54. The van der Waals surface area contributed by atoms with E-state index in [1.165, 1.54) is 12.8 Å². The van der Waals surface area contributed by atoms with Gasteiger partial charge in [0.25, 0.3) is 0 Å². The molecule has 1 unspecified atom stereocenters. The molecule has 0 N–H and O–H groups in total. The summed E-state index contributed by atoms with van der Waals surface area (Å²) in [4.78, 5) is 13.9. The van der Waals surface area contributed by atoms with Gasteiger partial charge in [-0.25, -0.2) is 0 Å². The van der Waals surface area contributed by atoms with Gasteiger partial charge in [0, 0.05) is 30.0 Å². The smallest absolute Gasteiger partial charge is 0.133 e. The quantitative estimate of drug-likeness (QED) is 0.709. The van der Waals surface area contributed by atoms with Crippen LogP contribution in [0, 0.1) is 11.3 Å². The van der Waals surface area contributed by atoms with Gasteiger partial charge in [-0.1, -0.05) is 13.8 Å². The van der Waals surface area contributed by atoms with Crippen molar-refractivity contribution in [3.63, 3.8) is 0 Å². The van der Waals surface area contributed by atoms with Crippen LogP contribution in [0.15, 0.2) is 0 Å². The van der Waals surface area contributed by atoms with Gasteiger partial charge in [-0.2, -0.15) is 0 Å². The second-order valence-electron chi connectivity index (χ2n) is 5.79. The van der Waals surface area contributed by atoms with Gasteiger partial charge in [-0.3, -0.25) is 9.69 Å². The first-order valence-electron chi connectivity index (χ1n) is 6.23. The maximum absolute atomic E-state index is 11.3. The van der Waals surface area contributed by atoms with Gasteiger partial charge in [0.15, 0.2) is 0 Å². The minimum Gasteiger partial charge on any atom is -0.300 e. The minimum atomic E-state index is 0.370. The van der Waals surface area contributed by atoms with E-state index in [4.69, 9.17) is 0 Å². The molecule has 0 aromatic carbocycles. The molecule has 1 aliphatic carbocycles. The second kappa shape index (κ2) is 3.31. The summed E-state index contributed by atoms with van der Waals surface area (Å²) in [5.41, 5.74) is 0.784. The molecule has 2 rings (SSSR count). The van der Waals surface area contributed by atoms with E-state index in [9.17, 15) is 4.79 Å². The Bertz CT molecular complexity index is 274. The van der Waals surface area contributed by atoms with Crippen LogP contribution in [-0.2, 0) is 4.79 Å². The van der Waals surface area contributed by atoms with Crippen LogP contribution in [0.4, 0.5) is 0 Å². The maximum Gasteiger partial charge on any atom is 0.133 e. The summed E-state index contributed by atoms with van der Waals surface area (Å²) in [6.45, 7) is 11.0. The molecule has 86 valence electrons. The van der Waals surface area contributed by atoms with Crippen molar-refractivity contribution in [1.82, 2.24) is 4.90 Å². The average molecular weight is 209 g/mol. The zero-order valence-electron chi connectivity index (χ0n) is 10.5. The number of nitrogens with zero attached hydrogens (tertiary/aromatic N) is 1. The number of carbonyl (C=O) groups excluding carboxylic acids is 1. The molecule has 0 aromatic rings. The van der Waals surface area contributed by atoms with Gasteiger partial charge >= 0.3 is 0 Å². The van der Waals surface area contributed by atoms with Crippen molar-refractivity contribution in [2.24, 2.45) is 11.3 Å². The summed E-state index contributed by atoms with van der Waals surface area (Å²) in [6.07, 6.45) is 3.58. The van der Waals surface area contributed by atoms with Crippen LogP contribution in [0.3, 0.4) is 0 Å². The zero-order valence-corrected chi connectivity index (χ0v) is 10.5. The number of carbonyl (C=O) groups is 1. The lowest BCUT2D eigenvalue weighted by Crippen LogP contribution is -2.60. The highest BCUT2D eigenvalue weighted by molar-refractivity contribution is 5.82. The van der Waals surface area contributed by atoms with Crippen molar-refractivity contribution in [3.05, 3.63) is 0 Å². The van der Waals surface area contributed by atoms with Crippen molar-refractivity contribution in [2.45, 2.75) is 52.5 Å². The molecule has 0 amide bonds. The van der Waals surface area contributed by atoms with E-state index in [0.717, 1.165) is 19.5 Å². The molecule has 0 bridgehead atoms. The van der Waals surface area contributed by atoms with Crippen LogP contribution in [0.2, 0.25) is 0 Å². The van der Waals surface area contributed by atoms with Crippen LogP contribution < -0.4 is 0 Å². The van der Waals surface area contributed by atoms with Crippen LogP contribution in [0.1, 0.15) is 47.0 Å². The van der Waals surface area contributed by atoms with Crippen molar-refractivity contribution in [2.75, 3.05) is 13.1 Å². The topological polar surface area (TPSA) is 20.3 Å². The van der Waals surface area contributed by atoms with E-state index in [1.807, 2.05) is 0 Å². The molecular formula is C13H23NO. The summed E-state index contributed by atoms with van der Waals surface area (Å²) >= 11 is 0. The Labute approximate surface area is 93.0 Å². The molecule has 2 heteroatoms. The second-order valence-corrected chi connectivity index (χ2v) is 5.79. The fourth-order valence-electron chi connectivity index (χ4n) is 3.06. The van der Waals surface area contributed by atoms with Crippen molar-refractivity contribution < 1.29 is 4.79 Å². The summed E-state index contributed by atoms with van der Waals surface area (Å²) in [5, 5.41) is 0. The van der Waals surface area contributed by atoms with Crippen molar-refractivity contribution in [3.8, 4) is 0 Å². The minimum absolute atomic E-state index is 0.370. The number of hydrogen-bond donors (Lipinski definition) is 0. The summed E-state index contributed by atoms with van der Waals surface area (Å²) in [6, 6.07) is 0. The largest absolute Gasteiger partial charge is 0.300 e. The number of ketones is 1. The highest BCUT2D eigenvalue weighted by atomic mass is 16.1. The van der Waals surface area contributed by atoms with Gasteiger partial charge in [-0.05, 0) is 33.1 Å². The third-order valence-corrected chi connectivity index (χ3v) is 4.98. The SMILES string of the molecule is CCC(C)(CC)N1CC2(CC2C(C)=O)C1. The fraction of sp³-hybridized carbons (Fsp3) is 0.923. The molecule has 2 nitrogen and oxygen atoms in total. The van der Waals surface area contributed by atoms with Gasteiger partial charge in [-0.15, -0.1) is 0 Å². The lowest BCUT2D eigenvalue weighted by molar-refractivity contribution is -0.121. The van der Waals surface area contributed by atoms with Crippen molar-refractivity contribution in [1.29, 1.82) is 0 Å². The Hall–Kier alpha value is -0.370. The van der Waals surface area contributed by atoms with E-state index < -0.39 is 0 Å². The molecular weight excluding hydrogens is 186 g/mol. The Kier molecular flexibility index (Phi) is 2.45. The zero-order chi connectivity index (χ0) is 11.3. The molecule has 1 saturated carbocycles. The van der Waals surface area contributed by atoms with Gasteiger partial charge in [0.1, 0.15) is 5.78 Å². The molecule has 2 aliphatic rings. The lowest BCUT2D eigenvalue weighted by Gasteiger charge is -2.51. The third-order valence-electron chi connectivity index (χ3n) is 4.98. The van der Waals surface area contributed by atoms with Crippen LogP contribution in [0.25, 0.3) is 0 Å². The first kappa shape index (κ1) is 11.1. The molecule has 0 aromatic heterocycles. The number of hydrogen-bond acceptors (Lipinski definition) is 2. The lowest BCUT2D eigenvalue weighted by atomic mass is 9.83. The highest BCUT2D eigenvalue weighted by Crippen LogP contribution is 2.60. The Morgan fingerprint density at radius 2 is 1.93 bits per heavy atom. The highest BCUT2D eigenvalue weighted by Gasteiger charge is 2.64. The monoisotopic (exact) mass is 209 g/mol. The first-order valence-corrected chi connectivity index (χ1v) is 6.23. The predicted molar refractivity (Wildman–Crippen MR) is 61.8 cm³/mol. The average Bonchev–Trinajstić information content (AvgIpc) is 2.89. The summed E-state index contributed by atoms with van der Waals surface area (Å²) < 4.78 is 0. The summed E-state index contributed by atoms with van der Waals surface area (Å²) in [7, 11) is 0. The van der Waals surface area contributed by atoms with E-state index in [2.05, 4.69) is 25.7 Å². The molecule has 15 heavy (non-hydrogen) atoms. The molecule has 0 radical (unpaired) electrons. The van der Waals surface area contributed by atoms with Crippen LogP contribution in [0.5, 0.6) is 0 Å². The fourth-order valence-corrected chi connectivity index (χ4v) is 3.06. The number of rotatable bonds is 4. The molecule has 1 atom stereocenters. The van der Waals surface area contributed by atoms with Gasteiger partial charge in [0.2, 0.25) is 0 Å². The first-order chi connectivity index (χ1) is 6.97. The van der Waals surface area contributed by atoms with Crippen LogP contribution >= 0.6 is 0 Å². The maximum atomic E-state index is 11.3. The van der Waals surface area contributed by atoms with Gasteiger partial charge in [0.05, 0.1) is 0 Å². The van der Waals surface area contributed by atoms with Crippen LogP contribution in [-0.4, -0.2) is 29.3 Å². The predicted octanol–water partition coefficient (Wildman–Crippen LogP) is 2.48.